The van der Waals surface area contributed by atoms with E-state index < -0.39 is 5.97 Å². The van der Waals surface area contributed by atoms with Gasteiger partial charge in [-0.3, -0.25) is 19.3 Å². The van der Waals surface area contributed by atoms with E-state index in [1.165, 1.54) is 17.6 Å². The maximum atomic E-state index is 13.5. The van der Waals surface area contributed by atoms with E-state index in [1.54, 1.807) is 48.5 Å². The van der Waals surface area contributed by atoms with Gasteiger partial charge in [0, 0.05) is 11.3 Å². The molecular weight excluding hydrogens is 468 g/mol. The quantitative estimate of drug-likeness (QED) is 0.412. The molecule has 5 atom stereocenters. The summed E-state index contributed by atoms with van der Waals surface area (Å²) in [5.41, 5.74) is 3.06. The number of carbonyl (C=O) groups excluding carboxylic acids is 4. The van der Waals surface area contributed by atoms with Crippen molar-refractivity contribution in [2.75, 3.05) is 17.3 Å². The fourth-order valence-corrected chi connectivity index (χ4v) is 6.57. The number of methoxy groups -OCH3 is 1. The summed E-state index contributed by atoms with van der Waals surface area (Å²) >= 11 is 0. The van der Waals surface area contributed by atoms with Crippen LogP contribution in [-0.2, 0) is 14.3 Å². The first-order valence-corrected chi connectivity index (χ1v) is 12.5. The van der Waals surface area contributed by atoms with Crippen LogP contribution in [0.2, 0.25) is 0 Å². The highest BCUT2D eigenvalue weighted by molar-refractivity contribution is 6.22. The van der Waals surface area contributed by atoms with Gasteiger partial charge in [0.15, 0.2) is 0 Å². The molecule has 0 radical (unpaired) electrons. The van der Waals surface area contributed by atoms with Crippen molar-refractivity contribution in [2.24, 2.45) is 23.7 Å². The normalized spacial score (nSPS) is 25.8. The average Bonchev–Trinajstić information content (AvgIpc) is 3.60. The number of ether oxygens (including phenoxy) is 1. The summed E-state index contributed by atoms with van der Waals surface area (Å²) in [6.45, 7) is 0. The lowest BCUT2D eigenvalue weighted by Gasteiger charge is -2.28. The Kier molecular flexibility index (Phi) is 5.63. The molecular formula is C30H26N2O5. The Hall–Kier alpha value is -4.26. The topological polar surface area (TPSA) is 92.8 Å². The molecule has 1 heterocycles. The van der Waals surface area contributed by atoms with Crippen LogP contribution < -0.4 is 10.2 Å². The number of carbonyl (C=O) groups is 4. The lowest BCUT2D eigenvalue weighted by atomic mass is 9.73. The first kappa shape index (κ1) is 23.2. The Labute approximate surface area is 214 Å². The van der Waals surface area contributed by atoms with Crippen LogP contribution in [0.25, 0.3) is 0 Å². The van der Waals surface area contributed by atoms with Gasteiger partial charge in [-0.25, -0.2) is 4.79 Å². The van der Waals surface area contributed by atoms with Crippen LogP contribution in [0.15, 0.2) is 78.9 Å². The number of nitrogens with one attached hydrogen (secondary N) is 1. The number of esters is 1. The zero-order valence-electron chi connectivity index (χ0n) is 20.3. The van der Waals surface area contributed by atoms with Gasteiger partial charge in [-0.15, -0.1) is 0 Å². The van der Waals surface area contributed by atoms with Crippen molar-refractivity contribution < 1.29 is 23.9 Å². The van der Waals surface area contributed by atoms with Gasteiger partial charge in [-0.1, -0.05) is 30.3 Å². The minimum absolute atomic E-state index is 0.114. The van der Waals surface area contributed by atoms with Crippen LogP contribution in [-0.4, -0.2) is 30.8 Å². The molecule has 3 amide bonds. The van der Waals surface area contributed by atoms with Gasteiger partial charge >= 0.3 is 5.97 Å². The molecule has 6 rings (SSSR count). The Morgan fingerprint density at radius 3 is 2.14 bits per heavy atom. The number of hydrogen-bond acceptors (Lipinski definition) is 5. The second kappa shape index (κ2) is 9.00. The van der Waals surface area contributed by atoms with E-state index in [9.17, 15) is 19.2 Å². The number of hydrogen-bond donors (Lipinski definition) is 1. The van der Waals surface area contributed by atoms with Crippen molar-refractivity contribution in [3.63, 3.8) is 0 Å². The van der Waals surface area contributed by atoms with E-state index >= 15 is 0 Å². The number of rotatable bonds is 5. The predicted octanol–water partition coefficient (Wildman–Crippen LogP) is 4.65. The molecule has 37 heavy (non-hydrogen) atoms. The van der Waals surface area contributed by atoms with E-state index in [0.29, 0.717) is 28.4 Å². The zero-order valence-corrected chi connectivity index (χ0v) is 20.3. The maximum Gasteiger partial charge on any atom is 0.337 e. The summed E-state index contributed by atoms with van der Waals surface area (Å²) in [5, 5.41) is 2.78. The highest BCUT2D eigenvalue weighted by Crippen LogP contribution is 2.61. The van der Waals surface area contributed by atoms with Gasteiger partial charge in [-0.2, -0.15) is 0 Å². The van der Waals surface area contributed by atoms with Gasteiger partial charge in [0.1, 0.15) is 0 Å². The van der Waals surface area contributed by atoms with Crippen LogP contribution in [0.4, 0.5) is 11.4 Å². The molecule has 2 saturated carbocycles. The highest BCUT2D eigenvalue weighted by Gasteiger charge is 2.64. The summed E-state index contributed by atoms with van der Waals surface area (Å²) in [6, 6.07) is 23.2. The van der Waals surface area contributed by atoms with Crippen molar-refractivity contribution in [1.82, 2.24) is 0 Å². The molecule has 7 nitrogen and oxygen atoms in total. The Bertz CT molecular complexity index is 1380. The van der Waals surface area contributed by atoms with Crippen molar-refractivity contribution in [3.8, 4) is 0 Å². The predicted molar refractivity (Wildman–Crippen MR) is 137 cm³/mol. The van der Waals surface area contributed by atoms with E-state index in [4.69, 9.17) is 0 Å². The number of imide groups is 1. The third kappa shape index (κ3) is 3.82. The average molecular weight is 495 g/mol. The van der Waals surface area contributed by atoms with E-state index in [2.05, 4.69) is 22.2 Å². The van der Waals surface area contributed by atoms with Gasteiger partial charge in [0.05, 0.1) is 30.2 Å². The van der Waals surface area contributed by atoms with Crippen LogP contribution >= 0.6 is 0 Å². The molecule has 3 aromatic carbocycles. The Morgan fingerprint density at radius 1 is 0.811 bits per heavy atom. The fourth-order valence-electron chi connectivity index (χ4n) is 6.57. The highest BCUT2D eigenvalue weighted by atomic mass is 16.5. The van der Waals surface area contributed by atoms with Crippen molar-refractivity contribution >= 4 is 35.1 Å². The molecule has 0 spiro atoms. The molecule has 3 aliphatic rings. The smallest absolute Gasteiger partial charge is 0.337 e. The third-order valence-corrected chi connectivity index (χ3v) is 8.19. The zero-order chi connectivity index (χ0) is 25.7. The lowest BCUT2D eigenvalue weighted by Crippen LogP contribution is -2.33. The van der Waals surface area contributed by atoms with E-state index in [0.717, 1.165) is 12.8 Å². The van der Waals surface area contributed by atoms with Gasteiger partial charge in [0.2, 0.25) is 11.8 Å². The number of anilines is 2. The first-order valence-electron chi connectivity index (χ1n) is 12.5. The molecule has 2 aliphatic carbocycles. The SMILES string of the molecule is COC(=O)c1ccc(NC(=O)c2ccc(N3C(=O)[C@@H]4[C@H]5C[C@@H]([C@@H]4C3=O)[C@H](c3ccccc3)C5)cc2)cc1. The second-order valence-electron chi connectivity index (χ2n) is 10.0. The molecule has 3 fully saturated rings. The van der Waals surface area contributed by atoms with Gasteiger partial charge in [-0.05, 0) is 84.7 Å². The van der Waals surface area contributed by atoms with Gasteiger partial charge < -0.3 is 10.1 Å². The number of nitrogens with zero attached hydrogens (tertiary/aromatic N) is 1. The van der Waals surface area contributed by atoms with Crippen LogP contribution in [0.5, 0.6) is 0 Å². The molecule has 7 heteroatoms. The fraction of sp³-hybridized carbons (Fsp3) is 0.267. The Balaban J connectivity index is 1.16. The summed E-state index contributed by atoms with van der Waals surface area (Å²) in [5.74, 6) is -0.795. The van der Waals surface area contributed by atoms with Crippen molar-refractivity contribution in [2.45, 2.75) is 18.8 Å². The summed E-state index contributed by atoms with van der Waals surface area (Å²) < 4.78 is 4.68. The molecule has 2 bridgehead atoms. The summed E-state index contributed by atoms with van der Waals surface area (Å²) in [4.78, 5) is 52.5. The molecule has 1 aliphatic heterocycles. The minimum atomic E-state index is -0.452. The number of amides is 3. The molecule has 1 saturated heterocycles. The largest absolute Gasteiger partial charge is 0.465 e. The third-order valence-electron chi connectivity index (χ3n) is 8.19. The number of fused-ring (bicyclic) bond motifs is 5. The van der Waals surface area contributed by atoms with Crippen molar-refractivity contribution in [1.29, 1.82) is 0 Å². The standard InChI is InChI=1S/C30H26N2O5/c1-37-30(36)19-7-11-21(12-8-19)31-27(33)18-9-13-22(14-10-18)32-28(34)25-20-15-23(17-5-3-2-4-6-17)24(16-20)26(25)29(32)35/h2-14,20,23-26H,15-16H2,1H3,(H,31,33)/t20-,23+,24-,25-,26+/m1/s1. The summed E-state index contributed by atoms with van der Waals surface area (Å²) in [6.07, 6.45) is 1.88. The molecule has 0 aromatic heterocycles. The molecule has 0 unspecified atom stereocenters. The van der Waals surface area contributed by atoms with Crippen LogP contribution in [0.1, 0.15) is 45.0 Å². The molecule has 186 valence electrons. The monoisotopic (exact) mass is 494 g/mol. The minimum Gasteiger partial charge on any atom is -0.465 e. The van der Waals surface area contributed by atoms with Gasteiger partial charge in [0.25, 0.3) is 5.91 Å². The lowest BCUT2D eigenvalue weighted by molar-refractivity contribution is -0.123. The summed E-state index contributed by atoms with van der Waals surface area (Å²) in [7, 11) is 1.31. The van der Waals surface area contributed by atoms with Crippen LogP contribution in [0.3, 0.4) is 0 Å². The second-order valence-corrected chi connectivity index (χ2v) is 10.0. The Morgan fingerprint density at radius 2 is 1.46 bits per heavy atom. The molecule has 1 N–H and O–H groups in total. The van der Waals surface area contributed by atoms with Crippen molar-refractivity contribution in [3.05, 3.63) is 95.6 Å². The maximum absolute atomic E-state index is 13.5. The van der Waals surface area contributed by atoms with Crippen LogP contribution in [0, 0.1) is 23.7 Å². The first-order chi connectivity index (χ1) is 18.0. The van der Waals surface area contributed by atoms with E-state index in [1.807, 2.05) is 18.2 Å². The van der Waals surface area contributed by atoms with E-state index in [-0.39, 0.29) is 41.4 Å². The number of benzene rings is 3. The molecule has 3 aromatic rings.